The van der Waals surface area contributed by atoms with Gasteiger partial charge in [0.1, 0.15) is 0 Å². The fourth-order valence-corrected chi connectivity index (χ4v) is 3.28. The summed E-state index contributed by atoms with van der Waals surface area (Å²) in [6.45, 7) is 2.45. The molecule has 1 aliphatic rings. The predicted molar refractivity (Wildman–Crippen MR) is 80.2 cm³/mol. The Morgan fingerprint density at radius 3 is 2.62 bits per heavy atom. The van der Waals surface area contributed by atoms with E-state index in [0.717, 1.165) is 30.0 Å². The number of thiazole rings is 1. The van der Waals surface area contributed by atoms with Gasteiger partial charge in [-0.25, -0.2) is 9.78 Å². The van der Waals surface area contributed by atoms with Crippen LogP contribution in [0.3, 0.4) is 0 Å². The van der Waals surface area contributed by atoms with Crippen molar-refractivity contribution in [2.24, 2.45) is 5.41 Å². The highest BCUT2D eigenvalue weighted by atomic mass is 32.1. The van der Waals surface area contributed by atoms with Crippen molar-refractivity contribution in [3.8, 4) is 0 Å². The Balaban J connectivity index is 1.80. The van der Waals surface area contributed by atoms with Crippen LogP contribution < -0.4 is 10.6 Å². The first-order chi connectivity index (χ1) is 10.0. The van der Waals surface area contributed by atoms with Crippen LogP contribution in [0.4, 0.5) is 4.79 Å². The summed E-state index contributed by atoms with van der Waals surface area (Å²) in [5.41, 5.74) is 0.0190. The van der Waals surface area contributed by atoms with Crippen molar-refractivity contribution < 1.29 is 14.7 Å². The third-order valence-electron chi connectivity index (χ3n) is 3.95. The molecule has 1 aliphatic carbocycles. The van der Waals surface area contributed by atoms with Gasteiger partial charge >= 0.3 is 12.0 Å². The molecule has 0 aromatic carbocycles. The highest BCUT2D eigenvalue weighted by Crippen LogP contribution is 2.35. The molecule has 21 heavy (non-hydrogen) atoms. The first kappa shape index (κ1) is 15.8. The van der Waals surface area contributed by atoms with Crippen molar-refractivity contribution in [3.63, 3.8) is 0 Å². The van der Waals surface area contributed by atoms with Gasteiger partial charge in [-0.2, -0.15) is 0 Å². The second kappa shape index (κ2) is 6.89. The zero-order valence-electron chi connectivity index (χ0n) is 12.1. The summed E-state index contributed by atoms with van der Waals surface area (Å²) in [4.78, 5) is 27.5. The summed E-state index contributed by atoms with van der Waals surface area (Å²) < 4.78 is 0. The number of nitrogens with one attached hydrogen (secondary N) is 2. The first-order valence-corrected chi connectivity index (χ1v) is 8.06. The number of hydrogen-bond acceptors (Lipinski definition) is 4. The van der Waals surface area contributed by atoms with Gasteiger partial charge < -0.3 is 15.7 Å². The van der Waals surface area contributed by atoms with Crippen LogP contribution in [-0.2, 0) is 11.3 Å². The van der Waals surface area contributed by atoms with Gasteiger partial charge in [0.15, 0.2) is 0 Å². The monoisotopic (exact) mass is 311 g/mol. The zero-order chi connectivity index (χ0) is 15.3. The van der Waals surface area contributed by atoms with Gasteiger partial charge in [0.05, 0.1) is 22.7 Å². The van der Waals surface area contributed by atoms with E-state index in [4.69, 9.17) is 0 Å². The average Bonchev–Trinajstić information content (AvgIpc) is 2.89. The number of aliphatic carboxylic acids is 1. The molecule has 1 aromatic rings. The fourth-order valence-electron chi connectivity index (χ4n) is 2.67. The van der Waals surface area contributed by atoms with E-state index in [1.807, 2.05) is 12.3 Å². The van der Waals surface area contributed by atoms with Crippen molar-refractivity contribution in [1.29, 1.82) is 0 Å². The van der Waals surface area contributed by atoms with E-state index in [0.29, 0.717) is 19.4 Å². The number of amides is 2. The summed E-state index contributed by atoms with van der Waals surface area (Å²) in [6, 6.07) is -0.341. The maximum absolute atomic E-state index is 11.8. The van der Waals surface area contributed by atoms with E-state index < -0.39 is 11.4 Å². The molecule has 116 valence electrons. The highest BCUT2D eigenvalue weighted by Gasteiger charge is 2.39. The minimum absolute atomic E-state index is 0.185. The molecule has 0 atom stereocenters. The van der Waals surface area contributed by atoms with E-state index >= 15 is 0 Å². The van der Waals surface area contributed by atoms with Crippen molar-refractivity contribution in [3.05, 3.63) is 16.1 Å². The molecule has 1 fully saturated rings. The number of carbonyl (C=O) groups is 2. The predicted octanol–water partition coefficient (Wildman–Crippen LogP) is 2.29. The van der Waals surface area contributed by atoms with Crippen LogP contribution >= 0.6 is 11.3 Å². The molecule has 3 N–H and O–H groups in total. The standard InChI is InChI=1S/C14H21N3O3S/c1-10-17-11(8-21-10)7-15-13(20)16-9-14(12(18)19)5-3-2-4-6-14/h8H,2-7,9H2,1H3,(H,18,19)(H2,15,16,20). The van der Waals surface area contributed by atoms with Crippen LogP contribution in [0.15, 0.2) is 5.38 Å². The van der Waals surface area contributed by atoms with Gasteiger partial charge in [-0.3, -0.25) is 4.79 Å². The molecular formula is C14H21N3O3S. The highest BCUT2D eigenvalue weighted by molar-refractivity contribution is 7.09. The van der Waals surface area contributed by atoms with Gasteiger partial charge in [-0.15, -0.1) is 11.3 Å². The third kappa shape index (κ3) is 4.17. The van der Waals surface area contributed by atoms with Gasteiger partial charge in [-0.05, 0) is 19.8 Å². The molecule has 0 radical (unpaired) electrons. The van der Waals surface area contributed by atoms with Crippen LogP contribution in [0.1, 0.15) is 42.8 Å². The lowest BCUT2D eigenvalue weighted by atomic mass is 9.74. The number of aromatic nitrogens is 1. The largest absolute Gasteiger partial charge is 0.481 e. The molecule has 0 bridgehead atoms. The molecule has 0 saturated heterocycles. The molecule has 2 amide bonds. The molecule has 1 aromatic heterocycles. The van der Waals surface area contributed by atoms with Crippen molar-refractivity contribution in [1.82, 2.24) is 15.6 Å². The maximum atomic E-state index is 11.8. The van der Waals surface area contributed by atoms with Crippen LogP contribution in [0.25, 0.3) is 0 Å². The topological polar surface area (TPSA) is 91.3 Å². The average molecular weight is 311 g/mol. The number of carbonyl (C=O) groups excluding carboxylic acids is 1. The number of nitrogens with zero attached hydrogens (tertiary/aromatic N) is 1. The normalized spacial score (nSPS) is 17.2. The SMILES string of the molecule is Cc1nc(CNC(=O)NCC2(C(=O)O)CCCCC2)cs1. The van der Waals surface area contributed by atoms with Gasteiger partial charge in [-0.1, -0.05) is 19.3 Å². The van der Waals surface area contributed by atoms with Gasteiger partial charge in [0.25, 0.3) is 0 Å². The van der Waals surface area contributed by atoms with Gasteiger partial charge in [0, 0.05) is 11.9 Å². The minimum atomic E-state index is -0.808. The molecule has 2 rings (SSSR count). The number of rotatable bonds is 5. The van der Waals surface area contributed by atoms with Crippen molar-refractivity contribution in [2.45, 2.75) is 45.6 Å². The number of aryl methyl sites for hydroxylation is 1. The molecule has 6 nitrogen and oxygen atoms in total. The Labute approximate surface area is 128 Å². The van der Waals surface area contributed by atoms with E-state index in [2.05, 4.69) is 15.6 Å². The molecular weight excluding hydrogens is 290 g/mol. The Morgan fingerprint density at radius 2 is 2.05 bits per heavy atom. The summed E-state index contributed by atoms with van der Waals surface area (Å²) in [5.74, 6) is -0.808. The second-order valence-electron chi connectivity index (χ2n) is 5.54. The first-order valence-electron chi connectivity index (χ1n) is 7.18. The molecule has 1 saturated carbocycles. The third-order valence-corrected chi connectivity index (χ3v) is 4.77. The lowest BCUT2D eigenvalue weighted by Crippen LogP contribution is -2.47. The van der Waals surface area contributed by atoms with Crippen molar-refractivity contribution >= 4 is 23.3 Å². The zero-order valence-corrected chi connectivity index (χ0v) is 13.0. The minimum Gasteiger partial charge on any atom is -0.481 e. The number of carboxylic acids is 1. The van der Waals surface area contributed by atoms with E-state index in [1.165, 1.54) is 11.3 Å². The molecule has 0 aliphatic heterocycles. The summed E-state index contributed by atoms with van der Waals surface area (Å²) in [7, 11) is 0. The molecule has 1 heterocycles. The quantitative estimate of drug-likeness (QED) is 0.778. The number of carboxylic acid groups (broad SMARTS) is 1. The van der Waals surface area contributed by atoms with Crippen LogP contribution in [-0.4, -0.2) is 28.6 Å². The summed E-state index contributed by atoms with van der Waals surface area (Å²) >= 11 is 1.53. The van der Waals surface area contributed by atoms with Crippen LogP contribution in [0.2, 0.25) is 0 Å². The lowest BCUT2D eigenvalue weighted by Gasteiger charge is -2.33. The van der Waals surface area contributed by atoms with E-state index in [-0.39, 0.29) is 12.6 Å². The van der Waals surface area contributed by atoms with E-state index in [1.54, 1.807) is 0 Å². The number of urea groups is 1. The second-order valence-corrected chi connectivity index (χ2v) is 6.60. The smallest absolute Gasteiger partial charge is 0.315 e. The maximum Gasteiger partial charge on any atom is 0.315 e. The van der Waals surface area contributed by atoms with E-state index in [9.17, 15) is 14.7 Å². The van der Waals surface area contributed by atoms with Gasteiger partial charge in [0.2, 0.25) is 0 Å². The fraction of sp³-hybridized carbons (Fsp3) is 0.643. The summed E-state index contributed by atoms with van der Waals surface area (Å²) in [6.07, 6.45) is 4.16. The molecule has 0 unspecified atom stereocenters. The lowest BCUT2D eigenvalue weighted by molar-refractivity contribution is -0.150. The Bertz CT molecular complexity index is 509. The molecule has 0 spiro atoms. The van der Waals surface area contributed by atoms with Crippen LogP contribution in [0, 0.1) is 12.3 Å². The molecule has 7 heteroatoms. The Morgan fingerprint density at radius 1 is 1.33 bits per heavy atom. The number of hydrogen-bond donors (Lipinski definition) is 3. The summed E-state index contributed by atoms with van der Waals surface area (Å²) in [5, 5.41) is 17.7. The Kier molecular flexibility index (Phi) is 5.17. The van der Waals surface area contributed by atoms with Crippen molar-refractivity contribution in [2.75, 3.05) is 6.54 Å². The van der Waals surface area contributed by atoms with Crippen LogP contribution in [0.5, 0.6) is 0 Å². The Hall–Kier alpha value is -1.63.